The smallest absolute Gasteiger partial charge is 0.338 e. The molecule has 0 spiro atoms. The summed E-state index contributed by atoms with van der Waals surface area (Å²) in [5.74, 6) is -1.62. The quantitative estimate of drug-likeness (QED) is 0.364. The van der Waals surface area contributed by atoms with Crippen molar-refractivity contribution < 1.29 is 28.8 Å². The lowest BCUT2D eigenvalue weighted by molar-refractivity contribution is -0.384. The third-order valence-electron chi connectivity index (χ3n) is 5.65. The Kier molecular flexibility index (Phi) is 7.43. The second-order valence-corrected chi connectivity index (χ2v) is 7.64. The number of amides is 1. The van der Waals surface area contributed by atoms with E-state index >= 15 is 0 Å². The molecule has 1 aromatic carbocycles. The first kappa shape index (κ1) is 22.5. The van der Waals surface area contributed by atoms with Crippen LogP contribution in [0.15, 0.2) is 18.2 Å². The number of anilines is 1. The van der Waals surface area contributed by atoms with E-state index in [2.05, 4.69) is 0 Å². The monoisotopic (exact) mass is 433 g/mol. The van der Waals surface area contributed by atoms with Crippen molar-refractivity contribution in [1.29, 1.82) is 0 Å². The third kappa shape index (κ3) is 5.50. The molecular weight excluding hydrogens is 406 g/mol. The topological polar surface area (TPSA) is 119 Å². The van der Waals surface area contributed by atoms with Gasteiger partial charge in [0, 0.05) is 32.2 Å². The van der Waals surface area contributed by atoms with Crippen LogP contribution in [0, 0.1) is 16.0 Å². The molecule has 1 amide bonds. The van der Waals surface area contributed by atoms with Gasteiger partial charge in [-0.25, -0.2) is 4.79 Å². The van der Waals surface area contributed by atoms with Crippen LogP contribution < -0.4 is 4.90 Å². The van der Waals surface area contributed by atoms with Gasteiger partial charge < -0.3 is 19.3 Å². The van der Waals surface area contributed by atoms with Crippen LogP contribution in [0.25, 0.3) is 0 Å². The minimum atomic E-state index is -0.786. The Morgan fingerprint density at radius 1 is 1.10 bits per heavy atom. The molecule has 0 radical (unpaired) electrons. The van der Waals surface area contributed by atoms with E-state index in [1.807, 2.05) is 4.90 Å². The lowest BCUT2D eigenvalue weighted by Crippen LogP contribution is -2.42. The van der Waals surface area contributed by atoms with Crippen molar-refractivity contribution in [2.45, 2.75) is 32.6 Å². The standard InChI is InChI=1S/C21H27N3O7/c1-2-30-20(26)15-7-11-23(12-8-15)19(25)14-31-21(27)16-5-6-17(18(13-16)24(28)29)22-9-3-4-10-22/h5-6,13,15H,2-4,7-12,14H2,1H3. The molecule has 2 heterocycles. The molecule has 2 saturated heterocycles. The highest BCUT2D eigenvalue weighted by Gasteiger charge is 2.29. The summed E-state index contributed by atoms with van der Waals surface area (Å²) < 4.78 is 10.1. The van der Waals surface area contributed by atoms with Gasteiger partial charge in [-0.3, -0.25) is 19.7 Å². The second-order valence-electron chi connectivity index (χ2n) is 7.64. The normalized spacial score (nSPS) is 16.8. The van der Waals surface area contributed by atoms with E-state index in [4.69, 9.17) is 9.47 Å². The molecule has 0 saturated carbocycles. The Labute approximate surface area is 180 Å². The fourth-order valence-corrected chi connectivity index (χ4v) is 3.95. The van der Waals surface area contributed by atoms with Gasteiger partial charge in [-0.05, 0) is 44.7 Å². The Balaban J connectivity index is 1.54. The first-order chi connectivity index (χ1) is 14.9. The number of rotatable bonds is 7. The Morgan fingerprint density at radius 3 is 2.39 bits per heavy atom. The summed E-state index contributed by atoms with van der Waals surface area (Å²) in [6, 6.07) is 4.24. The minimum Gasteiger partial charge on any atom is -0.466 e. The van der Waals surface area contributed by atoms with Gasteiger partial charge in [0.25, 0.3) is 11.6 Å². The highest BCUT2D eigenvalue weighted by Crippen LogP contribution is 2.31. The molecule has 3 rings (SSSR count). The lowest BCUT2D eigenvalue weighted by atomic mass is 9.97. The van der Waals surface area contributed by atoms with Crippen LogP contribution in [0.1, 0.15) is 43.0 Å². The summed E-state index contributed by atoms with van der Waals surface area (Å²) in [6.07, 6.45) is 2.95. The minimum absolute atomic E-state index is 0.0310. The molecule has 2 aliphatic heterocycles. The number of hydrogen-bond donors (Lipinski definition) is 0. The Morgan fingerprint density at radius 2 is 1.77 bits per heavy atom. The van der Waals surface area contributed by atoms with Gasteiger partial charge in [-0.15, -0.1) is 0 Å². The molecule has 0 atom stereocenters. The maximum atomic E-state index is 12.4. The van der Waals surface area contributed by atoms with Crippen LogP contribution >= 0.6 is 0 Å². The fraction of sp³-hybridized carbons (Fsp3) is 0.571. The second kappa shape index (κ2) is 10.2. The number of benzene rings is 1. The number of esters is 2. The molecule has 168 valence electrons. The van der Waals surface area contributed by atoms with Crippen LogP contribution in [-0.4, -0.2) is 67.1 Å². The van der Waals surface area contributed by atoms with E-state index in [1.165, 1.54) is 12.1 Å². The fourth-order valence-electron chi connectivity index (χ4n) is 3.95. The summed E-state index contributed by atoms with van der Waals surface area (Å²) in [5, 5.41) is 11.5. The number of nitro benzene ring substituents is 1. The molecule has 1 aromatic rings. The predicted octanol–water partition coefficient (Wildman–Crippen LogP) is 2.15. The van der Waals surface area contributed by atoms with E-state index in [-0.39, 0.29) is 29.0 Å². The van der Waals surface area contributed by atoms with E-state index in [1.54, 1.807) is 17.9 Å². The highest BCUT2D eigenvalue weighted by atomic mass is 16.6. The molecular formula is C21H27N3O7. The average Bonchev–Trinajstić information content (AvgIpc) is 3.32. The van der Waals surface area contributed by atoms with E-state index < -0.39 is 17.5 Å². The molecule has 0 bridgehead atoms. The maximum absolute atomic E-state index is 12.4. The first-order valence-electron chi connectivity index (χ1n) is 10.6. The van der Waals surface area contributed by atoms with Crippen molar-refractivity contribution >= 4 is 29.2 Å². The van der Waals surface area contributed by atoms with Gasteiger partial charge in [0.15, 0.2) is 6.61 Å². The van der Waals surface area contributed by atoms with Crippen molar-refractivity contribution in [3.05, 3.63) is 33.9 Å². The van der Waals surface area contributed by atoms with Crippen LogP contribution in [0.5, 0.6) is 0 Å². The number of nitro groups is 1. The molecule has 2 fully saturated rings. The lowest BCUT2D eigenvalue weighted by Gasteiger charge is -2.30. The molecule has 0 unspecified atom stereocenters. The number of hydrogen-bond acceptors (Lipinski definition) is 8. The van der Waals surface area contributed by atoms with Crippen molar-refractivity contribution in [2.24, 2.45) is 5.92 Å². The van der Waals surface area contributed by atoms with Crippen LogP contribution in [0.3, 0.4) is 0 Å². The SMILES string of the molecule is CCOC(=O)C1CCN(C(=O)COC(=O)c2ccc(N3CCCC3)c([N+](=O)[O-])c2)CC1. The number of piperidine rings is 1. The molecule has 0 N–H and O–H groups in total. The van der Waals surface area contributed by atoms with Gasteiger partial charge >= 0.3 is 11.9 Å². The summed E-state index contributed by atoms with van der Waals surface area (Å²) >= 11 is 0. The summed E-state index contributed by atoms with van der Waals surface area (Å²) in [4.78, 5) is 50.9. The third-order valence-corrected chi connectivity index (χ3v) is 5.65. The van der Waals surface area contributed by atoms with Crippen molar-refractivity contribution in [2.75, 3.05) is 44.3 Å². The first-order valence-corrected chi connectivity index (χ1v) is 10.6. The van der Waals surface area contributed by atoms with Gasteiger partial charge in [-0.1, -0.05) is 0 Å². The van der Waals surface area contributed by atoms with Gasteiger partial charge in [0.1, 0.15) is 5.69 Å². The number of ether oxygens (including phenoxy) is 2. The van der Waals surface area contributed by atoms with E-state index in [9.17, 15) is 24.5 Å². The molecule has 10 heteroatoms. The predicted molar refractivity (Wildman–Crippen MR) is 111 cm³/mol. The molecule has 2 aliphatic rings. The van der Waals surface area contributed by atoms with Crippen LogP contribution in [0.4, 0.5) is 11.4 Å². The van der Waals surface area contributed by atoms with Crippen LogP contribution in [0.2, 0.25) is 0 Å². The molecule has 0 aromatic heterocycles. The summed E-state index contributed by atoms with van der Waals surface area (Å²) in [6.45, 7) is 3.87. The van der Waals surface area contributed by atoms with Gasteiger partial charge in [0.05, 0.1) is 23.0 Å². The zero-order valence-electron chi connectivity index (χ0n) is 17.6. The van der Waals surface area contributed by atoms with Gasteiger partial charge in [0.2, 0.25) is 0 Å². The van der Waals surface area contributed by atoms with E-state index in [0.29, 0.717) is 38.2 Å². The molecule has 10 nitrogen and oxygen atoms in total. The number of carbonyl (C=O) groups excluding carboxylic acids is 3. The number of likely N-dealkylation sites (tertiary alicyclic amines) is 1. The molecule has 31 heavy (non-hydrogen) atoms. The number of carbonyl (C=O) groups is 3. The van der Waals surface area contributed by atoms with Crippen molar-refractivity contribution in [1.82, 2.24) is 4.90 Å². The number of nitrogens with zero attached hydrogens (tertiary/aromatic N) is 3. The Bertz CT molecular complexity index is 843. The highest BCUT2D eigenvalue weighted by molar-refractivity contribution is 5.93. The summed E-state index contributed by atoms with van der Waals surface area (Å²) in [5.41, 5.74) is 0.367. The average molecular weight is 433 g/mol. The zero-order chi connectivity index (χ0) is 22.4. The van der Waals surface area contributed by atoms with Crippen molar-refractivity contribution in [3.8, 4) is 0 Å². The van der Waals surface area contributed by atoms with E-state index in [0.717, 1.165) is 25.9 Å². The summed E-state index contributed by atoms with van der Waals surface area (Å²) in [7, 11) is 0. The molecule has 0 aliphatic carbocycles. The largest absolute Gasteiger partial charge is 0.466 e. The zero-order valence-corrected chi connectivity index (χ0v) is 17.6. The van der Waals surface area contributed by atoms with Crippen LogP contribution in [-0.2, 0) is 19.1 Å². The van der Waals surface area contributed by atoms with Crippen molar-refractivity contribution in [3.63, 3.8) is 0 Å². The van der Waals surface area contributed by atoms with Gasteiger partial charge in [-0.2, -0.15) is 0 Å². The maximum Gasteiger partial charge on any atom is 0.338 e. The Hall–Kier alpha value is -3.17.